The number of nitrogens with zero attached hydrogens (tertiary/aromatic N) is 3. The molecule has 116 valence electrons. The molecule has 8 heteroatoms. The molecule has 2 aromatic heterocycles. The van der Waals surface area contributed by atoms with E-state index in [1.165, 1.54) is 23.5 Å². The van der Waals surface area contributed by atoms with Crippen LogP contribution in [0.1, 0.15) is 0 Å². The summed E-state index contributed by atoms with van der Waals surface area (Å²) >= 11 is 2.87. The molecule has 4 heterocycles. The molecule has 2 aliphatic rings. The number of carbonyl (C=O) groups excluding carboxylic acids is 2. The average molecular weight is 345 g/mol. The predicted octanol–water partition coefficient (Wildman–Crippen LogP) is 2.20. The number of aromatic nitrogens is 2. The Morgan fingerprint density at radius 1 is 1.09 bits per heavy atom. The number of imide groups is 1. The summed E-state index contributed by atoms with van der Waals surface area (Å²) in [5.74, 6) is 2.02. The van der Waals surface area contributed by atoms with Crippen molar-refractivity contribution in [3.63, 3.8) is 0 Å². The van der Waals surface area contributed by atoms with Crippen LogP contribution in [-0.2, 0) is 9.59 Å². The van der Waals surface area contributed by atoms with Crippen LogP contribution in [0.5, 0.6) is 5.75 Å². The average Bonchev–Trinajstić information content (AvgIpc) is 2.85. The summed E-state index contributed by atoms with van der Waals surface area (Å²) in [6.45, 7) is 0. The third-order valence-electron chi connectivity index (χ3n) is 3.57. The van der Waals surface area contributed by atoms with Gasteiger partial charge < -0.3 is 4.74 Å². The van der Waals surface area contributed by atoms with Crippen molar-refractivity contribution in [3.8, 4) is 5.75 Å². The first-order valence-electron chi connectivity index (χ1n) is 6.89. The van der Waals surface area contributed by atoms with Crippen LogP contribution in [0.3, 0.4) is 0 Å². The molecule has 6 nitrogen and oxygen atoms in total. The number of hydrogen-bond donors (Lipinski definition) is 0. The zero-order chi connectivity index (χ0) is 16.0. The van der Waals surface area contributed by atoms with Crippen molar-refractivity contribution < 1.29 is 14.3 Å². The topological polar surface area (TPSA) is 72.4 Å². The molecule has 0 atom stereocenters. The Morgan fingerprint density at radius 2 is 1.78 bits per heavy atom. The van der Waals surface area contributed by atoms with Crippen LogP contribution in [0.2, 0.25) is 0 Å². The molecule has 0 saturated heterocycles. The van der Waals surface area contributed by atoms with Gasteiger partial charge in [0.25, 0.3) is 11.8 Å². The van der Waals surface area contributed by atoms with E-state index in [4.69, 9.17) is 4.74 Å². The quantitative estimate of drug-likeness (QED) is 0.773. The first-order valence-corrected chi connectivity index (χ1v) is 8.86. The maximum atomic E-state index is 12.5. The maximum Gasteiger partial charge on any atom is 0.274 e. The van der Waals surface area contributed by atoms with Crippen LogP contribution in [0.15, 0.2) is 34.2 Å². The molecule has 0 N–H and O–H groups in total. The van der Waals surface area contributed by atoms with Crippen molar-refractivity contribution in [2.45, 2.75) is 0 Å². The lowest BCUT2D eigenvalue weighted by Gasteiger charge is -2.14. The van der Waals surface area contributed by atoms with Crippen LogP contribution >= 0.6 is 23.5 Å². The molecule has 0 aromatic carbocycles. The van der Waals surface area contributed by atoms with Crippen LogP contribution in [0, 0.1) is 0 Å². The van der Waals surface area contributed by atoms with Gasteiger partial charge in [-0.25, -0.2) is 14.9 Å². The van der Waals surface area contributed by atoms with Crippen molar-refractivity contribution >= 4 is 52.2 Å². The van der Waals surface area contributed by atoms with Crippen molar-refractivity contribution in [1.29, 1.82) is 0 Å². The van der Waals surface area contributed by atoms with E-state index in [1.807, 2.05) is 0 Å². The molecule has 0 saturated carbocycles. The zero-order valence-electron chi connectivity index (χ0n) is 12.1. The molecular weight excluding hydrogens is 334 g/mol. The summed E-state index contributed by atoms with van der Waals surface area (Å²) < 4.78 is 5.27. The van der Waals surface area contributed by atoms with Gasteiger partial charge in [0.15, 0.2) is 5.65 Å². The second-order valence-corrected chi connectivity index (χ2v) is 7.07. The van der Waals surface area contributed by atoms with Gasteiger partial charge in [-0.15, -0.1) is 23.5 Å². The first-order chi connectivity index (χ1) is 11.2. The highest BCUT2D eigenvalue weighted by Gasteiger charge is 2.41. The molecule has 2 amide bonds. The van der Waals surface area contributed by atoms with Crippen LogP contribution in [0.4, 0.5) is 5.82 Å². The third kappa shape index (κ3) is 2.21. The highest BCUT2D eigenvalue weighted by molar-refractivity contribution is 8.11. The highest BCUT2D eigenvalue weighted by Crippen LogP contribution is 2.42. The Balaban J connectivity index is 1.78. The molecule has 0 radical (unpaired) electrons. The number of fused-ring (bicyclic) bond motifs is 1. The van der Waals surface area contributed by atoms with Gasteiger partial charge in [0.1, 0.15) is 11.6 Å². The number of anilines is 1. The lowest BCUT2D eigenvalue weighted by molar-refractivity contribution is -0.120. The number of amides is 2. The monoisotopic (exact) mass is 345 g/mol. The summed E-state index contributed by atoms with van der Waals surface area (Å²) in [4.78, 5) is 35.8. The minimum absolute atomic E-state index is 0.294. The SMILES string of the molecule is COc1ccnc2nc(N3C(=O)C4=C(SCCS4)C3=O)ccc12. The third-order valence-corrected chi connectivity index (χ3v) is 6.11. The van der Waals surface area contributed by atoms with E-state index in [2.05, 4.69) is 9.97 Å². The van der Waals surface area contributed by atoms with Crippen LogP contribution < -0.4 is 9.64 Å². The Morgan fingerprint density at radius 3 is 2.43 bits per heavy atom. The lowest BCUT2D eigenvalue weighted by Crippen LogP contribution is -2.31. The second kappa shape index (κ2) is 5.54. The van der Waals surface area contributed by atoms with Gasteiger partial charge in [0, 0.05) is 17.7 Å². The Kier molecular flexibility index (Phi) is 3.50. The molecule has 0 spiro atoms. The Hall–Kier alpha value is -2.06. The van der Waals surface area contributed by atoms with Gasteiger partial charge in [-0.1, -0.05) is 0 Å². The maximum absolute atomic E-state index is 12.5. The Bertz CT molecular complexity index is 853. The first kappa shape index (κ1) is 14.5. The molecule has 0 aliphatic carbocycles. The summed E-state index contributed by atoms with van der Waals surface area (Å²) in [5.41, 5.74) is 0.438. The lowest BCUT2D eigenvalue weighted by atomic mass is 10.2. The summed E-state index contributed by atoms with van der Waals surface area (Å²) in [6, 6.07) is 5.15. The molecule has 2 aromatic rings. The molecule has 2 aliphatic heterocycles. The molecular formula is C15H11N3O3S2. The minimum atomic E-state index is -0.294. The van der Waals surface area contributed by atoms with Gasteiger partial charge in [0.05, 0.1) is 22.3 Å². The van der Waals surface area contributed by atoms with Crippen molar-refractivity contribution in [2.75, 3.05) is 23.5 Å². The number of carbonyl (C=O) groups is 2. The fraction of sp³-hybridized carbons (Fsp3) is 0.200. The van der Waals surface area contributed by atoms with Crippen molar-refractivity contribution in [3.05, 3.63) is 34.2 Å². The number of thioether (sulfide) groups is 2. The van der Waals surface area contributed by atoms with E-state index in [0.29, 0.717) is 27.0 Å². The molecule has 0 bridgehead atoms. The second-order valence-electron chi connectivity index (χ2n) is 4.85. The highest BCUT2D eigenvalue weighted by atomic mass is 32.2. The van der Waals surface area contributed by atoms with E-state index in [1.54, 1.807) is 31.5 Å². The van der Waals surface area contributed by atoms with Gasteiger partial charge in [-0.05, 0) is 18.2 Å². The van der Waals surface area contributed by atoms with E-state index < -0.39 is 0 Å². The molecule has 23 heavy (non-hydrogen) atoms. The van der Waals surface area contributed by atoms with Gasteiger partial charge >= 0.3 is 0 Å². The molecule has 0 unspecified atom stereocenters. The number of hydrogen-bond acceptors (Lipinski definition) is 7. The van der Waals surface area contributed by atoms with Crippen LogP contribution in [-0.4, -0.2) is 40.4 Å². The predicted molar refractivity (Wildman–Crippen MR) is 90.5 cm³/mol. The fourth-order valence-corrected chi connectivity index (χ4v) is 4.83. The van der Waals surface area contributed by atoms with E-state index in [0.717, 1.165) is 21.8 Å². The number of rotatable bonds is 2. The normalized spacial score (nSPS) is 17.9. The van der Waals surface area contributed by atoms with Crippen LogP contribution in [0.25, 0.3) is 11.0 Å². The largest absolute Gasteiger partial charge is 0.496 e. The smallest absolute Gasteiger partial charge is 0.274 e. The summed E-state index contributed by atoms with van der Waals surface area (Å²) in [6.07, 6.45) is 1.58. The van der Waals surface area contributed by atoms with Gasteiger partial charge in [-0.2, -0.15) is 0 Å². The van der Waals surface area contributed by atoms with Gasteiger partial charge in [-0.3, -0.25) is 9.59 Å². The standard InChI is InChI=1S/C15H11N3O3S2/c1-21-9-4-5-16-13-8(9)2-3-10(17-13)18-14(19)11-12(15(18)20)23-7-6-22-11/h2-5H,6-7H2,1H3. The number of pyridine rings is 2. The number of methoxy groups -OCH3 is 1. The summed E-state index contributed by atoms with van der Waals surface area (Å²) in [7, 11) is 1.57. The zero-order valence-corrected chi connectivity index (χ0v) is 13.7. The van der Waals surface area contributed by atoms with Crippen molar-refractivity contribution in [2.24, 2.45) is 0 Å². The fourth-order valence-electron chi connectivity index (χ4n) is 2.54. The van der Waals surface area contributed by atoms with Crippen molar-refractivity contribution in [1.82, 2.24) is 9.97 Å². The summed E-state index contributed by atoms with van der Waals surface area (Å²) in [5, 5.41) is 0.735. The number of ether oxygens (including phenoxy) is 1. The molecule has 0 fully saturated rings. The van der Waals surface area contributed by atoms with E-state index in [9.17, 15) is 9.59 Å². The minimum Gasteiger partial charge on any atom is -0.496 e. The van der Waals surface area contributed by atoms with Gasteiger partial charge in [0.2, 0.25) is 0 Å². The van der Waals surface area contributed by atoms with E-state index >= 15 is 0 Å². The Labute approximate surface area is 140 Å². The van der Waals surface area contributed by atoms with E-state index in [-0.39, 0.29) is 11.8 Å². The molecule has 4 rings (SSSR count).